The summed E-state index contributed by atoms with van der Waals surface area (Å²) in [5.74, 6) is 1.16. The Bertz CT molecular complexity index is 397. The van der Waals surface area contributed by atoms with Gasteiger partial charge in [0.2, 0.25) is 5.88 Å². The van der Waals surface area contributed by atoms with Crippen LogP contribution >= 0.6 is 0 Å². The summed E-state index contributed by atoms with van der Waals surface area (Å²) in [7, 11) is 1.64. The van der Waals surface area contributed by atoms with Gasteiger partial charge in [0.1, 0.15) is 0 Å². The SMILES string of the molecule is COc1cccc(/C=C(/CNC(C)C)C(C)C)n1. The minimum atomic E-state index is 0.491. The molecule has 0 amide bonds. The number of aromatic nitrogens is 1. The Morgan fingerprint density at radius 1 is 1.33 bits per heavy atom. The van der Waals surface area contributed by atoms with Gasteiger partial charge in [-0.1, -0.05) is 39.3 Å². The van der Waals surface area contributed by atoms with Crippen molar-refractivity contribution in [3.8, 4) is 5.88 Å². The van der Waals surface area contributed by atoms with Gasteiger partial charge >= 0.3 is 0 Å². The van der Waals surface area contributed by atoms with E-state index in [0.717, 1.165) is 12.2 Å². The largest absolute Gasteiger partial charge is 0.481 e. The molecule has 0 bridgehead atoms. The van der Waals surface area contributed by atoms with Gasteiger partial charge in [-0.3, -0.25) is 0 Å². The van der Waals surface area contributed by atoms with E-state index >= 15 is 0 Å². The van der Waals surface area contributed by atoms with Gasteiger partial charge in [0.05, 0.1) is 12.8 Å². The van der Waals surface area contributed by atoms with Gasteiger partial charge in [-0.25, -0.2) is 4.98 Å². The van der Waals surface area contributed by atoms with Gasteiger partial charge in [0.15, 0.2) is 0 Å². The van der Waals surface area contributed by atoms with E-state index in [2.05, 4.69) is 44.1 Å². The highest BCUT2D eigenvalue weighted by Crippen LogP contribution is 2.15. The Hall–Kier alpha value is -1.35. The van der Waals surface area contributed by atoms with E-state index in [1.54, 1.807) is 7.11 Å². The summed E-state index contributed by atoms with van der Waals surface area (Å²) in [6, 6.07) is 6.32. The summed E-state index contributed by atoms with van der Waals surface area (Å²) in [5.41, 5.74) is 2.30. The van der Waals surface area contributed by atoms with Crippen molar-refractivity contribution in [2.45, 2.75) is 33.7 Å². The number of methoxy groups -OCH3 is 1. The maximum atomic E-state index is 5.14. The van der Waals surface area contributed by atoms with Crippen molar-refractivity contribution in [2.24, 2.45) is 5.92 Å². The van der Waals surface area contributed by atoms with Gasteiger partial charge in [0, 0.05) is 18.7 Å². The summed E-state index contributed by atoms with van der Waals surface area (Å²) >= 11 is 0. The van der Waals surface area contributed by atoms with Crippen molar-refractivity contribution in [2.75, 3.05) is 13.7 Å². The Labute approximate surface area is 110 Å². The molecule has 0 spiro atoms. The Morgan fingerprint density at radius 3 is 2.61 bits per heavy atom. The number of pyridine rings is 1. The molecule has 0 unspecified atom stereocenters. The van der Waals surface area contributed by atoms with E-state index in [0.29, 0.717) is 17.8 Å². The van der Waals surface area contributed by atoms with Crippen LogP contribution in [0.1, 0.15) is 33.4 Å². The number of nitrogens with zero attached hydrogens (tertiary/aromatic N) is 1. The minimum absolute atomic E-state index is 0.491. The fourth-order valence-corrected chi connectivity index (χ4v) is 1.56. The van der Waals surface area contributed by atoms with Crippen molar-refractivity contribution < 1.29 is 4.74 Å². The van der Waals surface area contributed by atoms with Gasteiger partial charge in [-0.05, 0) is 18.1 Å². The highest BCUT2D eigenvalue weighted by Gasteiger charge is 2.05. The molecule has 3 nitrogen and oxygen atoms in total. The molecule has 1 aromatic heterocycles. The zero-order valence-electron chi connectivity index (χ0n) is 12.0. The summed E-state index contributed by atoms with van der Waals surface area (Å²) in [6.45, 7) is 9.61. The predicted octanol–water partition coefficient (Wildman–Crippen LogP) is 3.13. The third-order valence-corrected chi connectivity index (χ3v) is 2.74. The molecular weight excluding hydrogens is 224 g/mol. The monoisotopic (exact) mass is 248 g/mol. The molecule has 18 heavy (non-hydrogen) atoms. The first-order valence-corrected chi connectivity index (χ1v) is 6.47. The minimum Gasteiger partial charge on any atom is -0.481 e. The molecule has 0 fully saturated rings. The van der Waals surface area contributed by atoms with E-state index in [1.165, 1.54) is 5.57 Å². The lowest BCUT2D eigenvalue weighted by Crippen LogP contribution is -2.26. The Kier molecular flexibility index (Phi) is 5.86. The van der Waals surface area contributed by atoms with Crippen molar-refractivity contribution >= 4 is 6.08 Å². The third-order valence-electron chi connectivity index (χ3n) is 2.74. The molecule has 0 atom stereocenters. The fourth-order valence-electron chi connectivity index (χ4n) is 1.56. The number of nitrogens with one attached hydrogen (secondary N) is 1. The number of hydrogen-bond donors (Lipinski definition) is 1. The van der Waals surface area contributed by atoms with Crippen LogP contribution in [0.3, 0.4) is 0 Å². The second-order valence-corrected chi connectivity index (χ2v) is 5.01. The molecule has 3 heteroatoms. The molecule has 0 aliphatic heterocycles. The van der Waals surface area contributed by atoms with Crippen LogP contribution in [0.25, 0.3) is 6.08 Å². The third kappa shape index (κ3) is 4.88. The van der Waals surface area contributed by atoms with Crippen molar-refractivity contribution in [1.82, 2.24) is 10.3 Å². The number of hydrogen-bond acceptors (Lipinski definition) is 3. The zero-order valence-corrected chi connectivity index (χ0v) is 12.0. The van der Waals surface area contributed by atoms with Crippen LogP contribution in [-0.2, 0) is 0 Å². The molecule has 0 aliphatic rings. The first kappa shape index (κ1) is 14.7. The van der Waals surface area contributed by atoms with Crippen molar-refractivity contribution in [1.29, 1.82) is 0 Å². The first-order valence-electron chi connectivity index (χ1n) is 6.47. The molecule has 0 aliphatic carbocycles. The molecule has 1 aromatic rings. The normalized spacial score (nSPS) is 12.3. The van der Waals surface area contributed by atoms with Crippen LogP contribution < -0.4 is 10.1 Å². The molecule has 0 radical (unpaired) electrons. The predicted molar refractivity (Wildman–Crippen MR) is 76.7 cm³/mol. The van der Waals surface area contributed by atoms with Crippen LogP contribution in [0.15, 0.2) is 23.8 Å². The van der Waals surface area contributed by atoms with Crippen LogP contribution in [-0.4, -0.2) is 24.7 Å². The molecule has 1 heterocycles. The van der Waals surface area contributed by atoms with Crippen molar-refractivity contribution in [3.05, 3.63) is 29.5 Å². The van der Waals surface area contributed by atoms with Crippen LogP contribution in [0.4, 0.5) is 0 Å². The van der Waals surface area contributed by atoms with Gasteiger partial charge < -0.3 is 10.1 Å². The zero-order chi connectivity index (χ0) is 13.5. The molecule has 0 saturated heterocycles. The number of rotatable bonds is 6. The summed E-state index contributed by atoms with van der Waals surface area (Å²) in [6.07, 6.45) is 2.14. The van der Waals surface area contributed by atoms with E-state index < -0.39 is 0 Å². The molecule has 1 N–H and O–H groups in total. The molecular formula is C15H24N2O. The lowest BCUT2D eigenvalue weighted by Gasteiger charge is -2.15. The lowest BCUT2D eigenvalue weighted by atomic mass is 10.0. The van der Waals surface area contributed by atoms with Crippen molar-refractivity contribution in [3.63, 3.8) is 0 Å². The molecule has 0 aromatic carbocycles. The lowest BCUT2D eigenvalue weighted by molar-refractivity contribution is 0.397. The van der Waals surface area contributed by atoms with Gasteiger partial charge in [-0.2, -0.15) is 0 Å². The second-order valence-electron chi connectivity index (χ2n) is 5.01. The van der Waals surface area contributed by atoms with Crippen LogP contribution in [0, 0.1) is 5.92 Å². The van der Waals surface area contributed by atoms with Crippen LogP contribution in [0.2, 0.25) is 0 Å². The Balaban J connectivity index is 2.86. The van der Waals surface area contributed by atoms with Crippen LogP contribution in [0.5, 0.6) is 5.88 Å². The summed E-state index contributed by atoms with van der Waals surface area (Å²) in [5, 5.41) is 3.45. The molecule has 1 rings (SSSR count). The molecule has 100 valence electrons. The average molecular weight is 248 g/mol. The first-order chi connectivity index (χ1) is 8.52. The number of ether oxygens (including phenoxy) is 1. The summed E-state index contributed by atoms with van der Waals surface area (Å²) in [4.78, 5) is 4.41. The fraction of sp³-hybridized carbons (Fsp3) is 0.533. The van der Waals surface area contributed by atoms with E-state index in [1.807, 2.05) is 18.2 Å². The Morgan fingerprint density at radius 2 is 2.06 bits per heavy atom. The van der Waals surface area contributed by atoms with Gasteiger partial charge in [-0.15, -0.1) is 0 Å². The topological polar surface area (TPSA) is 34.1 Å². The average Bonchev–Trinajstić information content (AvgIpc) is 2.34. The molecule has 0 saturated carbocycles. The highest BCUT2D eigenvalue weighted by atomic mass is 16.5. The highest BCUT2D eigenvalue weighted by molar-refractivity contribution is 5.50. The van der Waals surface area contributed by atoms with E-state index in [9.17, 15) is 0 Å². The van der Waals surface area contributed by atoms with E-state index in [4.69, 9.17) is 4.74 Å². The quantitative estimate of drug-likeness (QED) is 0.840. The second kappa shape index (κ2) is 7.17. The maximum absolute atomic E-state index is 5.14. The van der Waals surface area contributed by atoms with E-state index in [-0.39, 0.29) is 0 Å². The van der Waals surface area contributed by atoms with Gasteiger partial charge in [0.25, 0.3) is 0 Å². The smallest absolute Gasteiger partial charge is 0.213 e. The summed E-state index contributed by atoms with van der Waals surface area (Å²) < 4.78 is 5.14. The maximum Gasteiger partial charge on any atom is 0.213 e. The standard InChI is InChI=1S/C15H24N2O/c1-11(2)13(10-16-12(3)4)9-14-7-6-8-15(17-14)18-5/h6-9,11-12,16H,10H2,1-5H3/b13-9-.